The van der Waals surface area contributed by atoms with Gasteiger partial charge in [0.25, 0.3) is 11.8 Å². The van der Waals surface area contributed by atoms with Crippen LogP contribution < -0.4 is 15.5 Å². The van der Waals surface area contributed by atoms with Crippen molar-refractivity contribution in [2.24, 2.45) is 0 Å². The highest BCUT2D eigenvalue weighted by Gasteiger charge is 2.20. The van der Waals surface area contributed by atoms with E-state index in [0.29, 0.717) is 23.4 Å². The van der Waals surface area contributed by atoms with Gasteiger partial charge in [0.1, 0.15) is 0 Å². The molecule has 0 aliphatic carbocycles. The lowest BCUT2D eigenvalue weighted by Gasteiger charge is -2.21. The van der Waals surface area contributed by atoms with Gasteiger partial charge in [-0.15, -0.1) is 0 Å². The topological polar surface area (TPSA) is 74.3 Å². The quantitative estimate of drug-likeness (QED) is 0.428. The zero-order chi connectivity index (χ0) is 23.3. The summed E-state index contributed by atoms with van der Waals surface area (Å²) in [6.45, 7) is 1.68. The van der Waals surface area contributed by atoms with Crippen LogP contribution in [-0.4, -0.2) is 23.3 Å². The third-order valence-electron chi connectivity index (χ3n) is 5.92. The van der Waals surface area contributed by atoms with E-state index < -0.39 is 0 Å². The largest absolute Gasteiger partial charge is 0.367 e. The number of hydrogen-bond acceptors (Lipinski definition) is 4. The molecule has 6 nitrogen and oxygen atoms in total. The van der Waals surface area contributed by atoms with Crippen LogP contribution in [0.1, 0.15) is 31.8 Å². The van der Waals surface area contributed by atoms with Crippen LogP contribution in [0.15, 0.2) is 97.3 Å². The maximum atomic E-state index is 13.1. The first-order chi connectivity index (χ1) is 16.7. The molecule has 0 unspecified atom stereocenters. The van der Waals surface area contributed by atoms with Gasteiger partial charge in [0, 0.05) is 48.1 Å². The third kappa shape index (κ3) is 4.66. The van der Waals surface area contributed by atoms with Gasteiger partial charge in [-0.2, -0.15) is 0 Å². The second kappa shape index (κ2) is 9.58. The van der Waals surface area contributed by atoms with Crippen molar-refractivity contribution in [3.8, 4) is 0 Å². The van der Waals surface area contributed by atoms with Crippen LogP contribution in [0.2, 0.25) is 0 Å². The molecule has 1 aliphatic rings. The highest BCUT2D eigenvalue weighted by molar-refractivity contribution is 6.07. The molecule has 3 aromatic carbocycles. The van der Waals surface area contributed by atoms with Gasteiger partial charge in [0.15, 0.2) is 0 Å². The molecule has 168 valence electrons. The minimum absolute atomic E-state index is 0.230. The molecule has 34 heavy (non-hydrogen) atoms. The lowest BCUT2D eigenvalue weighted by atomic mass is 10.1. The Morgan fingerprint density at radius 3 is 2.50 bits per heavy atom. The number of rotatable bonds is 6. The van der Waals surface area contributed by atoms with E-state index in [0.717, 1.165) is 24.2 Å². The summed E-state index contributed by atoms with van der Waals surface area (Å²) in [5.41, 5.74) is 5.90. The van der Waals surface area contributed by atoms with Crippen LogP contribution in [0.4, 0.5) is 17.1 Å². The smallest absolute Gasteiger partial charge is 0.257 e. The highest BCUT2D eigenvalue weighted by atomic mass is 16.2. The maximum Gasteiger partial charge on any atom is 0.257 e. The van der Waals surface area contributed by atoms with E-state index in [-0.39, 0.29) is 11.8 Å². The number of nitrogens with one attached hydrogen (secondary N) is 2. The van der Waals surface area contributed by atoms with Crippen LogP contribution in [0.25, 0.3) is 0 Å². The second-order valence-corrected chi connectivity index (χ2v) is 8.19. The van der Waals surface area contributed by atoms with Crippen molar-refractivity contribution in [2.45, 2.75) is 13.0 Å². The number of para-hydroxylation sites is 2. The van der Waals surface area contributed by atoms with E-state index >= 15 is 0 Å². The van der Waals surface area contributed by atoms with E-state index in [4.69, 9.17) is 0 Å². The first-order valence-electron chi connectivity index (χ1n) is 11.2. The van der Waals surface area contributed by atoms with Crippen LogP contribution in [-0.2, 0) is 13.0 Å². The van der Waals surface area contributed by atoms with Crippen molar-refractivity contribution < 1.29 is 9.59 Å². The Kier molecular flexibility index (Phi) is 6.03. The zero-order valence-electron chi connectivity index (χ0n) is 18.6. The normalized spacial score (nSPS) is 12.2. The molecule has 2 amide bonds. The summed E-state index contributed by atoms with van der Waals surface area (Å²) in [7, 11) is 0. The van der Waals surface area contributed by atoms with Gasteiger partial charge in [-0.1, -0.05) is 42.5 Å². The first-order valence-corrected chi connectivity index (χ1v) is 11.2. The molecule has 0 atom stereocenters. The Morgan fingerprint density at radius 1 is 0.824 bits per heavy atom. The van der Waals surface area contributed by atoms with Crippen molar-refractivity contribution in [2.75, 3.05) is 22.1 Å². The van der Waals surface area contributed by atoms with Gasteiger partial charge in [-0.25, -0.2) is 0 Å². The molecule has 1 aromatic heterocycles. The molecular weight excluding hydrogens is 424 g/mol. The minimum atomic E-state index is -0.276. The van der Waals surface area contributed by atoms with Gasteiger partial charge in [-0.3, -0.25) is 14.6 Å². The zero-order valence-corrected chi connectivity index (χ0v) is 18.6. The molecule has 4 aromatic rings. The van der Waals surface area contributed by atoms with Crippen molar-refractivity contribution in [3.63, 3.8) is 0 Å². The minimum Gasteiger partial charge on any atom is -0.367 e. The number of amides is 2. The standard InChI is InChI=1S/C28H24N4O2/c33-27(21-9-5-11-24(17-21)30-28(34)22-10-6-15-29-18-22)31-25-12-3-1-8-23(25)19-32-16-14-20-7-2-4-13-26(20)32/h1-13,15,17-18H,14,16,19H2,(H,30,34)(H,31,33). The van der Waals surface area contributed by atoms with Crippen LogP contribution in [0.5, 0.6) is 0 Å². The fraction of sp³-hybridized carbons (Fsp3) is 0.107. The van der Waals surface area contributed by atoms with E-state index in [1.165, 1.54) is 17.4 Å². The molecule has 1 aliphatic heterocycles. The third-order valence-corrected chi connectivity index (χ3v) is 5.92. The fourth-order valence-corrected chi connectivity index (χ4v) is 4.19. The number of carbonyl (C=O) groups excluding carboxylic acids is 2. The Morgan fingerprint density at radius 2 is 1.62 bits per heavy atom. The molecule has 0 saturated carbocycles. The van der Waals surface area contributed by atoms with E-state index in [9.17, 15) is 9.59 Å². The van der Waals surface area contributed by atoms with Crippen molar-refractivity contribution in [1.82, 2.24) is 4.98 Å². The van der Waals surface area contributed by atoms with Crippen molar-refractivity contribution in [3.05, 3.63) is 120 Å². The summed E-state index contributed by atoms with van der Waals surface area (Å²) in [5.74, 6) is -0.506. The molecule has 0 saturated heterocycles. The lowest BCUT2D eigenvalue weighted by molar-refractivity contribution is 0.101. The van der Waals surface area contributed by atoms with Gasteiger partial charge in [0.2, 0.25) is 0 Å². The first kappa shape index (κ1) is 21.4. The van der Waals surface area contributed by atoms with E-state index in [1.807, 2.05) is 24.3 Å². The van der Waals surface area contributed by atoms with Crippen LogP contribution >= 0.6 is 0 Å². The summed E-state index contributed by atoms with van der Waals surface area (Å²) >= 11 is 0. The molecule has 6 heteroatoms. The van der Waals surface area contributed by atoms with Crippen molar-refractivity contribution in [1.29, 1.82) is 0 Å². The van der Waals surface area contributed by atoms with Gasteiger partial charge >= 0.3 is 0 Å². The molecule has 2 heterocycles. The molecule has 0 spiro atoms. The summed E-state index contributed by atoms with van der Waals surface area (Å²) in [5, 5.41) is 5.87. The number of nitrogens with zero attached hydrogens (tertiary/aromatic N) is 2. The lowest BCUT2D eigenvalue weighted by Crippen LogP contribution is -2.21. The van der Waals surface area contributed by atoms with Crippen LogP contribution in [0, 0.1) is 0 Å². The fourth-order valence-electron chi connectivity index (χ4n) is 4.19. The van der Waals surface area contributed by atoms with Crippen molar-refractivity contribution >= 4 is 28.9 Å². The SMILES string of the molecule is O=C(Nc1cccc(C(=O)Nc2ccccc2CN2CCc3ccccc32)c1)c1cccnc1. The average molecular weight is 449 g/mol. The predicted octanol–water partition coefficient (Wildman–Crippen LogP) is 5.15. The summed E-state index contributed by atoms with van der Waals surface area (Å²) in [6, 6.07) is 26.6. The molecule has 2 N–H and O–H groups in total. The molecular formula is C28H24N4O2. The van der Waals surface area contributed by atoms with E-state index in [1.54, 1.807) is 42.6 Å². The Bertz CT molecular complexity index is 1340. The average Bonchev–Trinajstić information content (AvgIpc) is 3.28. The van der Waals surface area contributed by atoms with Gasteiger partial charge in [-0.05, 0) is 60.0 Å². The monoisotopic (exact) mass is 448 g/mol. The number of pyridine rings is 1. The van der Waals surface area contributed by atoms with E-state index in [2.05, 4.69) is 44.8 Å². The summed E-state index contributed by atoms with van der Waals surface area (Å²) in [4.78, 5) is 31.8. The summed E-state index contributed by atoms with van der Waals surface area (Å²) < 4.78 is 0. The number of benzene rings is 3. The molecule has 5 rings (SSSR count). The Labute approximate surface area is 198 Å². The predicted molar refractivity (Wildman–Crippen MR) is 134 cm³/mol. The maximum absolute atomic E-state index is 13.1. The second-order valence-electron chi connectivity index (χ2n) is 8.19. The number of fused-ring (bicyclic) bond motifs is 1. The van der Waals surface area contributed by atoms with Gasteiger partial charge < -0.3 is 15.5 Å². The van der Waals surface area contributed by atoms with Crippen LogP contribution in [0.3, 0.4) is 0 Å². The number of anilines is 3. The Hall–Kier alpha value is -4.45. The number of aromatic nitrogens is 1. The number of carbonyl (C=O) groups is 2. The van der Waals surface area contributed by atoms with Gasteiger partial charge in [0.05, 0.1) is 5.56 Å². The number of hydrogen-bond donors (Lipinski definition) is 2. The molecule has 0 bridgehead atoms. The highest BCUT2D eigenvalue weighted by Crippen LogP contribution is 2.30. The Balaban J connectivity index is 1.30. The molecule has 0 radical (unpaired) electrons. The summed E-state index contributed by atoms with van der Waals surface area (Å²) in [6.07, 6.45) is 4.14. The molecule has 0 fully saturated rings.